The Hall–Kier alpha value is -0.730. The summed E-state index contributed by atoms with van der Waals surface area (Å²) in [6.45, 7) is 0. The van der Waals surface area contributed by atoms with E-state index in [9.17, 15) is 4.79 Å². The van der Waals surface area contributed by atoms with Crippen LogP contribution in [0.2, 0.25) is 0 Å². The van der Waals surface area contributed by atoms with Gasteiger partial charge in [-0.3, -0.25) is 4.79 Å². The maximum Gasteiger partial charge on any atom is 0.188 e. The summed E-state index contributed by atoms with van der Waals surface area (Å²) < 4.78 is 0. The summed E-state index contributed by atoms with van der Waals surface area (Å²) in [5.41, 5.74) is 4.43. The molecule has 0 aromatic carbocycles. The van der Waals surface area contributed by atoms with Gasteiger partial charge in [0.15, 0.2) is 5.78 Å². The smallest absolute Gasteiger partial charge is 0.188 e. The van der Waals surface area contributed by atoms with Crippen molar-refractivity contribution in [2.24, 2.45) is 0 Å². The van der Waals surface area contributed by atoms with Crippen LogP contribution < -0.4 is 0 Å². The lowest BCUT2D eigenvalue weighted by Crippen LogP contribution is -2.06. The van der Waals surface area contributed by atoms with Crippen LogP contribution in [0.3, 0.4) is 0 Å². The van der Waals surface area contributed by atoms with Crippen molar-refractivity contribution in [3.05, 3.63) is 45.6 Å². The molecule has 0 N–H and O–H groups in total. The molecule has 1 fully saturated rings. The Morgan fingerprint density at radius 1 is 1.21 bits per heavy atom. The number of hydrogen-bond donors (Lipinski definition) is 0. The summed E-state index contributed by atoms with van der Waals surface area (Å²) in [5.74, 6) is 2.06. The minimum absolute atomic E-state index is 0.0660. The zero-order valence-electron chi connectivity index (χ0n) is 7.34. The third-order valence-corrected chi connectivity index (χ3v) is 3.85. The molecule has 1 heterocycles. The Bertz CT molecular complexity index is 466. The standard InChI is InChI=1S/C11H7ClOS/c12-8-2-6-1-7-4-14-5-9(7)11(6)10(13)3-8/h1-3H,4-5H2. The van der Waals surface area contributed by atoms with Crippen molar-refractivity contribution in [2.45, 2.75) is 0 Å². The van der Waals surface area contributed by atoms with Crippen LogP contribution in [0, 0.1) is 0 Å². The molecule has 1 saturated heterocycles. The Labute approximate surface area is 91.2 Å². The lowest BCUT2D eigenvalue weighted by molar-refractivity contribution is -0.111. The average molecular weight is 223 g/mol. The largest absolute Gasteiger partial charge is 0.289 e. The molecule has 0 amide bonds. The number of carbonyl (C=O) groups excluding carboxylic acids is 1. The molecule has 70 valence electrons. The van der Waals surface area contributed by atoms with Crippen LogP contribution >= 0.6 is 23.4 Å². The van der Waals surface area contributed by atoms with Crippen LogP contribution in [-0.2, 0) is 4.79 Å². The van der Waals surface area contributed by atoms with E-state index >= 15 is 0 Å². The van der Waals surface area contributed by atoms with Crippen LogP contribution in [0.5, 0.6) is 0 Å². The van der Waals surface area contributed by atoms with Gasteiger partial charge in [-0.2, -0.15) is 11.8 Å². The Morgan fingerprint density at radius 3 is 2.93 bits per heavy atom. The van der Waals surface area contributed by atoms with Crippen molar-refractivity contribution >= 4 is 29.1 Å². The van der Waals surface area contributed by atoms with Gasteiger partial charge in [0, 0.05) is 28.2 Å². The number of halogens is 1. The average Bonchev–Trinajstić information content (AvgIpc) is 2.60. The first-order valence-corrected chi connectivity index (χ1v) is 5.94. The van der Waals surface area contributed by atoms with E-state index in [1.54, 1.807) is 0 Å². The van der Waals surface area contributed by atoms with Crippen molar-refractivity contribution in [3.63, 3.8) is 0 Å². The second-order valence-corrected chi connectivity index (χ2v) is 4.93. The van der Waals surface area contributed by atoms with Crippen molar-refractivity contribution in [3.8, 4) is 0 Å². The lowest BCUT2D eigenvalue weighted by atomic mass is 9.97. The fourth-order valence-electron chi connectivity index (χ4n) is 2.03. The fraction of sp³-hybridized carbons (Fsp3) is 0.182. The zero-order chi connectivity index (χ0) is 9.71. The molecule has 0 atom stereocenters. The van der Waals surface area contributed by atoms with Gasteiger partial charge in [0.1, 0.15) is 0 Å². The Morgan fingerprint density at radius 2 is 2.07 bits per heavy atom. The van der Waals surface area contributed by atoms with E-state index in [1.807, 2.05) is 17.8 Å². The van der Waals surface area contributed by atoms with Gasteiger partial charge < -0.3 is 0 Å². The normalized spacial score (nSPS) is 24.4. The van der Waals surface area contributed by atoms with Gasteiger partial charge in [0.2, 0.25) is 0 Å². The SMILES string of the molecule is O=C1C=C(Cl)C=C2C=C3CSCC3=C12. The first kappa shape index (κ1) is 8.57. The van der Waals surface area contributed by atoms with Crippen LogP contribution in [0.15, 0.2) is 45.6 Å². The molecule has 14 heavy (non-hydrogen) atoms. The number of fused-ring (bicyclic) bond motifs is 2. The monoisotopic (exact) mass is 222 g/mol. The number of rotatable bonds is 0. The van der Waals surface area contributed by atoms with E-state index in [0.717, 1.165) is 22.7 Å². The van der Waals surface area contributed by atoms with E-state index < -0.39 is 0 Å². The Kier molecular flexibility index (Phi) is 1.76. The summed E-state index contributed by atoms with van der Waals surface area (Å²) in [4.78, 5) is 11.7. The van der Waals surface area contributed by atoms with Gasteiger partial charge in [-0.1, -0.05) is 11.6 Å². The minimum Gasteiger partial charge on any atom is -0.289 e. The molecule has 0 radical (unpaired) electrons. The molecule has 3 rings (SSSR count). The van der Waals surface area contributed by atoms with Gasteiger partial charge in [-0.25, -0.2) is 0 Å². The molecule has 0 aromatic rings. The van der Waals surface area contributed by atoms with Crippen LogP contribution in [0.1, 0.15) is 0 Å². The predicted octanol–water partition coefficient (Wildman–Crippen LogP) is 2.60. The molecule has 0 aromatic heterocycles. The predicted molar refractivity (Wildman–Crippen MR) is 59.5 cm³/mol. The molecule has 3 aliphatic rings. The zero-order valence-corrected chi connectivity index (χ0v) is 8.91. The summed E-state index contributed by atoms with van der Waals surface area (Å²) in [5, 5.41) is 0.541. The number of carbonyl (C=O) groups is 1. The highest BCUT2D eigenvalue weighted by Crippen LogP contribution is 2.42. The topological polar surface area (TPSA) is 17.1 Å². The van der Waals surface area contributed by atoms with Gasteiger partial charge >= 0.3 is 0 Å². The Balaban J connectivity index is 2.21. The molecule has 0 unspecified atom stereocenters. The number of hydrogen-bond acceptors (Lipinski definition) is 2. The van der Waals surface area contributed by atoms with Crippen molar-refractivity contribution in [1.82, 2.24) is 0 Å². The molecular weight excluding hydrogens is 216 g/mol. The second-order valence-electron chi connectivity index (χ2n) is 3.51. The van der Waals surface area contributed by atoms with Crippen LogP contribution in [0.4, 0.5) is 0 Å². The van der Waals surface area contributed by atoms with Crippen molar-refractivity contribution in [2.75, 3.05) is 11.5 Å². The van der Waals surface area contributed by atoms with E-state index in [4.69, 9.17) is 11.6 Å². The van der Waals surface area contributed by atoms with E-state index in [2.05, 4.69) is 6.08 Å². The molecule has 3 heteroatoms. The fourth-order valence-corrected chi connectivity index (χ4v) is 3.36. The minimum atomic E-state index is 0.0660. The lowest BCUT2D eigenvalue weighted by Gasteiger charge is -2.08. The third kappa shape index (κ3) is 1.07. The number of ketones is 1. The highest BCUT2D eigenvalue weighted by atomic mass is 35.5. The highest BCUT2D eigenvalue weighted by Gasteiger charge is 2.30. The summed E-state index contributed by atoms with van der Waals surface area (Å²) in [7, 11) is 0. The molecule has 1 aliphatic heterocycles. The number of thioether (sulfide) groups is 1. The van der Waals surface area contributed by atoms with Crippen molar-refractivity contribution in [1.29, 1.82) is 0 Å². The molecule has 0 bridgehead atoms. The molecular formula is C11H7ClOS. The van der Waals surface area contributed by atoms with Crippen molar-refractivity contribution < 1.29 is 4.79 Å². The van der Waals surface area contributed by atoms with E-state index in [0.29, 0.717) is 5.03 Å². The van der Waals surface area contributed by atoms with E-state index in [1.165, 1.54) is 17.2 Å². The summed E-state index contributed by atoms with van der Waals surface area (Å²) in [6.07, 6.45) is 5.48. The highest BCUT2D eigenvalue weighted by molar-refractivity contribution is 8.00. The third-order valence-electron chi connectivity index (χ3n) is 2.62. The molecule has 0 saturated carbocycles. The molecule has 2 aliphatic carbocycles. The summed E-state index contributed by atoms with van der Waals surface area (Å²) >= 11 is 7.71. The van der Waals surface area contributed by atoms with Gasteiger partial charge in [-0.05, 0) is 28.9 Å². The van der Waals surface area contributed by atoms with E-state index in [-0.39, 0.29) is 5.78 Å². The molecule has 1 nitrogen and oxygen atoms in total. The summed E-state index contributed by atoms with van der Waals surface area (Å²) in [6, 6.07) is 0. The maximum absolute atomic E-state index is 11.7. The number of allylic oxidation sites excluding steroid dienone is 6. The first-order chi connectivity index (χ1) is 6.75. The van der Waals surface area contributed by atoms with Crippen LogP contribution in [-0.4, -0.2) is 17.3 Å². The second kappa shape index (κ2) is 2.88. The maximum atomic E-state index is 11.7. The van der Waals surface area contributed by atoms with Crippen LogP contribution in [0.25, 0.3) is 0 Å². The van der Waals surface area contributed by atoms with Gasteiger partial charge in [0.25, 0.3) is 0 Å². The molecule has 0 spiro atoms. The van der Waals surface area contributed by atoms with Gasteiger partial charge in [0.05, 0.1) is 0 Å². The van der Waals surface area contributed by atoms with Gasteiger partial charge in [-0.15, -0.1) is 0 Å². The quantitative estimate of drug-likeness (QED) is 0.627. The first-order valence-electron chi connectivity index (χ1n) is 4.41.